The second-order valence-corrected chi connectivity index (χ2v) is 8.21. The van der Waals surface area contributed by atoms with Gasteiger partial charge in [-0.1, -0.05) is 57.5 Å². The number of hydrogen-bond acceptors (Lipinski definition) is 4. The van der Waals surface area contributed by atoms with Gasteiger partial charge in [-0.2, -0.15) is 5.26 Å². The summed E-state index contributed by atoms with van der Waals surface area (Å²) in [6.45, 7) is 1.95. The molecule has 0 aromatic heterocycles. The third-order valence-corrected chi connectivity index (χ3v) is 5.94. The van der Waals surface area contributed by atoms with Crippen molar-refractivity contribution in [1.82, 2.24) is 0 Å². The molecule has 1 atom stereocenters. The van der Waals surface area contributed by atoms with Crippen LogP contribution in [0.25, 0.3) is 0 Å². The number of primary amides is 1. The number of hydrogen-bond donors (Lipinski definition) is 1. The number of nitriles is 1. The summed E-state index contributed by atoms with van der Waals surface area (Å²) in [5, 5.41) is 9.25. The Labute approximate surface area is 170 Å². The molecule has 1 fully saturated rings. The maximum Gasteiger partial charge on any atom is 0.262 e. The van der Waals surface area contributed by atoms with E-state index in [1.807, 2.05) is 49.4 Å². The largest absolute Gasteiger partial charge is 0.365 e. The molecule has 0 radical (unpaired) electrons. The molecule has 136 valence electrons. The van der Waals surface area contributed by atoms with E-state index in [2.05, 4.69) is 15.9 Å². The Morgan fingerprint density at radius 3 is 2.41 bits per heavy atom. The third-order valence-electron chi connectivity index (χ3n) is 4.15. The summed E-state index contributed by atoms with van der Waals surface area (Å²) in [6.07, 6.45) is 0.486. The maximum atomic E-state index is 13.1. The lowest BCUT2D eigenvalue weighted by Gasteiger charge is -2.18. The van der Waals surface area contributed by atoms with Gasteiger partial charge in [-0.15, -0.1) is 0 Å². The SMILES string of the molecule is Cc1ccc(N2C(=O)[C@H](Cc3ccc(Br)cc3)S/C2=C(/C#N)C(N)=O)cc1. The molecule has 0 unspecified atom stereocenters. The number of halogens is 1. The van der Waals surface area contributed by atoms with Crippen LogP contribution in [0.3, 0.4) is 0 Å². The van der Waals surface area contributed by atoms with Crippen molar-refractivity contribution in [1.29, 1.82) is 5.26 Å². The van der Waals surface area contributed by atoms with Crippen LogP contribution in [0.5, 0.6) is 0 Å². The number of nitrogens with zero attached hydrogens (tertiary/aromatic N) is 2. The van der Waals surface area contributed by atoms with E-state index in [9.17, 15) is 14.9 Å². The molecule has 7 heteroatoms. The maximum absolute atomic E-state index is 13.1. The van der Waals surface area contributed by atoms with Crippen LogP contribution in [0, 0.1) is 18.3 Å². The average Bonchev–Trinajstić information content (AvgIpc) is 2.94. The van der Waals surface area contributed by atoms with Gasteiger partial charge in [-0.25, -0.2) is 0 Å². The molecular weight excluding hydrogens is 426 g/mol. The first-order valence-electron chi connectivity index (χ1n) is 8.16. The molecule has 1 heterocycles. The van der Waals surface area contributed by atoms with Crippen molar-refractivity contribution in [3.8, 4) is 6.07 Å². The van der Waals surface area contributed by atoms with Gasteiger partial charge in [0, 0.05) is 10.2 Å². The number of anilines is 1. The van der Waals surface area contributed by atoms with Gasteiger partial charge in [-0.3, -0.25) is 14.5 Å². The predicted octanol–water partition coefficient (Wildman–Crippen LogP) is 3.67. The quantitative estimate of drug-likeness (QED) is 0.578. The van der Waals surface area contributed by atoms with Crippen LogP contribution >= 0.6 is 27.7 Å². The Balaban J connectivity index is 2.01. The number of carbonyl (C=O) groups is 2. The van der Waals surface area contributed by atoms with E-state index < -0.39 is 11.2 Å². The zero-order valence-electron chi connectivity index (χ0n) is 14.5. The Hall–Kier alpha value is -2.56. The van der Waals surface area contributed by atoms with Crippen LogP contribution in [0.1, 0.15) is 11.1 Å². The molecule has 2 amide bonds. The molecule has 1 aliphatic heterocycles. The summed E-state index contributed by atoms with van der Waals surface area (Å²) in [5.41, 5.74) is 7.82. The van der Waals surface area contributed by atoms with Crippen LogP contribution < -0.4 is 10.6 Å². The molecule has 1 aliphatic rings. The van der Waals surface area contributed by atoms with Crippen molar-refractivity contribution < 1.29 is 9.59 Å². The van der Waals surface area contributed by atoms with E-state index in [1.165, 1.54) is 16.7 Å². The van der Waals surface area contributed by atoms with Crippen LogP contribution in [0.2, 0.25) is 0 Å². The number of nitrogens with two attached hydrogens (primary N) is 1. The molecule has 5 nitrogen and oxygen atoms in total. The van der Waals surface area contributed by atoms with E-state index in [1.54, 1.807) is 12.1 Å². The lowest BCUT2D eigenvalue weighted by molar-refractivity contribution is -0.117. The predicted molar refractivity (Wildman–Crippen MR) is 110 cm³/mol. The molecule has 0 spiro atoms. The fraction of sp³-hybridized carbons (Fsp3) is 0.150. The van der Waals surface area contributed by atoms with Crippen LogP contribution in [-0.2, 0) is 16.0 Å². The van der Waals surface area contributed by atoms with Gasteiger partial charge in [0.05, 0.1) is 5.25 Å². The van der Waals surface area contributed by atoms with Gasteiger partial charge in [0.1, 0.15) is 16.7 Å². The molecular formula is C20H16BrN3O2S. The first-order valence-corrected chi connectivity index (χ1v) is 9.84. The molecule has 1 saturated heterocycles. The zero-order chi connectivity index (χ0) is 19.6. The number of thioether (sulfide) groups is 1. The van der Waals surface area contributed by atoms with Crippen LogP contribution in [-0.4, -0.2) is 17.1 Å². The summed E-state index contributed by atoms with van der Waals surface area (Å²) in [4.78, 5) is 26.3. The summed E-state index contributed by atoms with van der Waals surface area (Å²) < 4.78 is 0.957. The van der Waals surface area contributed by atoms with Crippen LogP contribution in [0.4, 0.5) is 5.69 Å². The minimum absolute atomic E-state index is 0.171. The smallest absolute Gasteiger partial charge is 0.262 e. The molecule has 2 N–H and O–H groups in total. The van der Waals surface area contributed by atoms with Gasteiger partial charge in [0.2, 0.25) is 5.91 Å². The first kappa shape index (κ1) is 19.2. The van der Waals surface area contributed by atoms with Crippen molar-refractivity contribution in [3.63, 3.8) is 0 Å². The highest BCUT2D eigenvalue weighted by Crippen LogP contribution is 2.41. The molecule has 2 aromatic carbocycles. The molecule has 27 heavy (non-hydrogen) atoms. The summed E-state index contributed by atoms with van der Waals surface area (Å²) in [6, 6.07) is 16.9. The lowest BCUT2D eigenvalue weighted by Crippen LogP contribution is -2.31. The highest BCUT2D eigenvalue weighted by molar-refractivity contribution is 9.10. The number of amides is 2. The fourth-order valence-electron chi connectivity index (χ4n) is 2.76. The number of rotatable bonds is 4. The summed E-state index contributed by atoms with van der Waals surface area (Å²) in [7, 11) is 0. The molecule has 0 bridgehead atoms. The van der Waals surface area contributed by atoms with Crippen molar-refractivity contribution in [2.45, 2.75) is 18.6 Å². The molecule has 0 saturated carbocycles. The second-order valence-electron chi connectivity index (χ2n) is 6.10. The summed E-state index contributed by atoms with van der Waals surface area (Å²) in [5.74, 6) is -1.01. The molecule has 0 aliphatic carbocycles. The molecule has 2 aromatic rings. The highest BCUT2D eigenvalue weighted by Gasteiger charge is 2.40. The Bertz CT molecular complexity index is 962. The number of aryl methyl sites for hydroxylation is 1. The van der Waals surface area contributed by atoms with Gasteiger partial charge in [-0.05, 0) is 43.2 Å². The topological polar surface area (TPSA) is 87.2 Å². The average molecular weight is 442 g/mol. The van der Waals surface area contributed by atoms with E-state index in [4.69, 9.17) is 5.73 Å². The zero-order valence-corrected chi connectivity index (χ0v) is 16.9. The second kappa shape index (κ2) is 7.99. The van der Waals surface area contributed by atoms with Gasteiger partial charge in [0.15, 0.2) is 0 Å². The van der Waals surface area contributed by atoms with Crippen LogP contribution in [0.15, 0.2) is 63.6 Å². The van der Waals surface area contributed by atoms with E-state index in [0.29, 0.717) is 17.1 Å². The fourth-order valence-corrected chi connectivity index (χ4v) is 4.34. The normalized spacial score (nSPS) is 18.3. The van der Waals surface area contributed by atoms with Gasteiger partial charge in [0.25, 0.3) is 5.91 Å². The minimum Gasteiger partial charge on any atom is -0.365 e. The van der Waals surface area contributed by atoms with E-state index >= 15 is 0 Å². The molecule has 3 rings (SSSR count). The first-order chi connectivity index (χ1) is 12.9. The Kier molecular flexibility index (Phi) is 5.68. The lowest BCUT2D eigenvalue weighted by atomic mass is 10.1. The Morgan fingerprint density at radius 2 is 1.85 bits per heavy atom. The minimum atomic E-state index is -0.839. The monoisotopic (exact) mass is 441 g/mol. The van der Waals surface area contributed by atoms with Gasteiger partial charge < -0.3 is 5.73 Å². The van der Waals surface area contributed by atoms with Gasteiger partial charge >= 0.3 is 0 Å². The Morgan fingerprint density at radius 1 is 1.22 bits per heavy atom. The van der Waals surface area contributed by atoms with E-state index in [-0.39, 0.29) is 11.5 Å². The standard InChI is InChI=1S/C20H16BrN3O2S/c1-12-2-8-15(9-3-12)24-19(26)17(10-13-4-6-14(21)7-5-13)27-20(24)16(11-22)18(23)25/h2-9,17H,10H2,1H3,(H2,23,25)/b20-16-/t17-/m0/s1. The number of carbonyl (C=O) groups excluding carboxylic acids is 2. The van der Waals surface area contributed by atoms with Crippen molar-refractivity contribution in [2.24, 2.45) is 5.73 Å². The van der Waals surface area contributed by atoms with E-state index in [0.717, 1.165) is 15.6 Å². The highest BCUT2D eigenvalue weighted by atomic mass is 79.9. The van der Waals surface area contributed by atoms with Crippen molar-refractivity contribution in [3.05, 3.63) is 74.7 Å². The van der Waals surface area contributed by atoms with Crippen molar-refractivity contribution >= 4 is 45.2 Å². The summed E-state index contributed by atoms with van der Waals surface area (Å²) >= 11 is 4.60. The number of benzene rings is 2. The van der Waals surface area contributed by atoms with Crippen molar-refractivity contribution in [2.75, 3.05) is 4.90 Å². The third kappa shape index (κ3) is 4.07.